The Morgan fingerprint density at radius 2 is 2.14 bits per heavy atom. The van der Waals surface area contributed by atoms with E-state index >= 15 is 0 Å². The van der Waals surface area contributed by atoms with Crippen molar-refractivity contribution in [1.82, 2.24) is 4.98 Å². The van der Waals surface area contributed by atoms with E-state index in [0.717, 1.165) is 5.52 Å². The van der Waals surface area contributed by atoms with Crippen LogP contribution in [0, 0.1) is 16.2 Å². The molecule has 0 saturated carbocycles. The lowest BCUT2D eigenvalue weighted by atomic mass is 10.1. The number of nitrogens with one attached hydrogen (secondary N) is 2. The van der Waals surface area contributed by atoms with E-state index < -0.39 is 0 Å². The standard InChI is InChI=1S/C15H9N3O2S/c16-8-9-2-1-3-10(6-9)14(19)17-11-4-5-12-13(7-11)20-15(21)18-12/h1-7H,(H,17,19)(H,18,21). The second-order valence-corrected chi connectivity index (χ2v) is 4.74. The molecular weight excluding hydrogens is 286 g/mol. The summed E-state index contributed by atoms with van der Waals surface area (Å²) in [4.78, 5) is 15.3. The van der Waals surface area contributed by atoms with E-state index in [9.17, 15) is 4.79 Å². The van der Waals surface area contributed by atoms with Crippen molar-refractivity contribution < 1.29 is 9.21 Å². The number of carbonyl (C=O) groups excluding carboxylic acids is 1. The number of rotatable bonds is 2. The van der Waals surface area contributed by atoms with Crippen LogP contribution in [0.15, 0.2) is 46.9 Å². The molecule has 1 aromatic heterocycles. The number of nitriles is 1. The molecule has 1 heterocycles. The van der Waals surface area contributed by atoms with Crippen LogP contribution in [0.25, 0.3) is 11.1 Å². The van der Waals surface area contributed by atoms with Crippen molar-refractivity contribution in [2.45, 2.75) is 0 Å². The second kappa shape index (κ2) is 5.23. The summed E-state index contributed by atoms with van der Waals surface area (Å²) in [6.45, 7) is 0. The first-order chi connectivity index (χ1) is 10.2. The van der Waals surface area contributed by atoms with Gasteiger partial charge in [-0.2, -0.15) is 5.26 Å². The highest BCUT2D eigenvalue weighted by atomic mass is 32.1. The molecule has 5 nitrogen and oxygen atoms in total. The molecule has 2 N–H and O–H groups in total. The highest BCUT2D eigenvalue weighted by Gasteiger charge is 2.08. The van der Waals surface area contributed by atoms with Crippen LogP contribution >= 0.6 is 12.2 Å². The van der Waals surface area contributed by atoms with Gasteiger partial charge in [0.1, 0.15) is 0 Å². The predicted octanol–water partition coefficient (Wildman–Crippen LogP) is 3.61. The zero-order valence-electron chi connectivity index (χ0n) is 10.7. The highest BCUT2D eigenvalue weighted by Crippen LogP contribution is 2.19. The van der Waals surface area contributed by atoms with Crippen molar-refractivity contribution in [3.8, 4) is 6.07 Å². The van der Waals surface area contributed by atoms with E-state index in [-0.39, 0.29) is 10.7 Å². The van der Waals surface area contributed by atoms with Gasteiger partial charge in [-0.15, -0.1) is 0 Å². The minimum absolute atomic E-state index is 0.287. The normalized spacial score (nSPS) is 10.2. The number of hydrogen-bond acceptors (Lipinski definition) is 4. The number of hydrogen-bond donors (Lipinski definition) is 2. The van der Waals surface area contributed by atoms with Crippen LogP contribution in [0.4, 0.5) is 5.69 Å². The monoisotopic (exact) mass is 295 g/mol. The number of oxazole rings is 1. The number of aromatic amines is 1. The number of benzene rings is 2. The van der Waals surface area contributed by atoms with Gasteiger partial charge >= 0.3 is 0 Å². The van der Waals surface area contributed by atoms with Crippen molar-refractivity contribution in [3.63, 3.8) is 0 Å². The molecule has 1 amide bonds. The fourth-order valence-electron chi connectivity index (χ4n) is 1.96. The largest absolute Gasteiger partial charge is 0.429 e. The highest BCUT2D eigenvalue weighted by molar-refractivity contribution is 7.71. The van der Waals surface area contributed by atoms with Gasteiger partial charge in [-0.05, 0) is 42.5 Å². The summed E-state index contributed by atoms with van der Waals surface area (Å²) in [6, 6.07) is 13.7. The number of H-pyrrole nitrogens is 1. The van der Waals surface area contributed by atoms with Crippen molar-refractivity contribution in [3.05, 3.63) is 58.4 Å². The number of aromatic nitrogens is 1. The fraction of sp³-hybridized carbons (Fsp3) is 0. The maximum absolute atomic E-state index is 12.1. The van der Waals surface area contributed by atoms with E-state index in [4.69, 9.17) is 21.9 Å². The third kappa shape index (κ3) is 2.68. The number of nitrogens with zero attached hydrogens (tertiary/aromatic N) is 1. The van der Waals surface area contributed by atoms with Crippen molar-refractivity contribution in [2.75, 3.05) is 5.32 Å². The van der Waals surface area contributed by atoms with Crippen LogP contribution < -0.4 is 5.32 Å². The topological polar surface area (TPSA) is 81.8 Å². The Labute approximate surface area is 124 Å². The minimum Gasteiger partial charge on any atom is -0.429 e. The van der Waals surface area contributed by atoms with Gasteiger partial charge in [0.2, 0.25) is 0 Å². The Hall–Kier alpha value is -2.91. The van der Waals surface area contributed by atoms with E-state index in [0.29, 0.717) is 22.4 Å². The summed E-state index contributed by atoms with van der Waals surface area (Å²) in [5, 5.41) is 11.6. The first-order valence-corrected chi connectivity index (χ1v) is 6.51. The minimum atomic E-state index is -0.291. The lowest BCUT2D eigenvalue weighted by Crippen LogP contribution is -2.11. The lowest BCUT2D eigenvalue weighted by Gasteiger charge is -2.05. The summed E-state index contributed by atoms with van der Waals surface area (Å²) >= 11 is 4.91. The van der Waals surface area contributed by atoms with Crippen LogP contribution in [0.3, 0.4) is 0 Å². The molecule has 0 bridgehead atoms. The van der Waals surface area contributed by atoms with Crippen LogP contribution in [0.2, 0.25) is 0 Å². The lowest BCUT2D eigenvalue weighted by molar-refractivity contribution is 0.102. The van der Waals surface area contributed by atoms with Crippen LogP contribution in [0.5, 0.6) is 0 Å². The molecule has 0 saturated heterocycles. The van der Waals surface area contributed by atoms with Gasteiger partial charge in [0.25, 0.3) is 10.7 Å². The van der Waals surface area contributed by atoms with Crippen molar-refractivity contribution in [2.24, 2.45) is 0 Å². The maximum atomic E-state index is 12.1. The molecule has 6 heteroatoms. The molecule has 3 rings (SSSR count). The summed E-state index contributed by atoms with van der Waals surface area (Å²) in [7, 11) is 0. The Balaban J connectivity index is 1.88. The first kappa shape index (κ1) is 13.1. The fourth-order valence-corrected chi connectivity index (χ4v) is 2.16. The molecule has 0 spiro atoms. The zero-order chi connectivity index (χ0) is 14.8. The second-order valence-electron chi connectivity index (χ2n) is 4.37. The Morgan fingerprint density at radius 3 is 2.95 bits per heavy atom. The Kier molecular flexibility index (Phi) is 3.26. The molecule has 0 atom stereocenters. The summed E-state index contributed by atoms with van der Waals surface area (Å²) in [6.07, 6.45) is 0. The SMILES string of the molecule is N#Cc1cccc(C(=O)Nc2ccc3[nH]c(=S)oc3c2)c1. The maximum Gasteiger partial charge on any atom is 0.266 e. The molecule has 21 heavy (non-hydrogen) atoms. The molecule has 0 radical (unpaired) electrons. The Morgan fingerprint density at radius 1 is 1.29 bits per heavy atom. The van der Waals surface area contributed by atoms with Crippen molar-refractivity contribution >= 4 is 34.9 Å². The third-order valence-electron chi connectivity index (χ3n) is 2.93. The molecule has 2 aromatic carbocycles. The molecule has 0 fully saturated rings. The Bertz CT molecular complexity index is 934. The average Bonchev–Trinajstić information content (AvgIpc) is 2.86. The first-order valence-electron chi connectivity index (χ1n) is 6.10. The molecule has 0 aliphatic carbocycles. The quantitative estimate of drug-likeness (QED) is 0.707. The molecule has 102 valence electrons. The van der Waals surface area contributed by atoms with E-state index in [1.165, 1.54) is 6.07 Å². The number of anilines is 1. The van der Waals surface area contributed by atoms with Gasteiger partial charge in [-0.1, -0.05) is 6.07 Å². The molecular formula is C15H9N3O2S. The van der Waals surface area contributed by atoms with E-state index in [1.807, 2.05) is 6.07 Å². The average molecular weight is 295 g/mol. The van der Waals surface area contributed by atoms with Gasteiger partial charge in [0.15, 0.2) is 5.58 Å². The molecule has 0 aliphatic rings. The summed E-state index contributed by atoms with van der Waals surface area (Å²) in [5.41, 5.74) is 2.79. The van der Waals surface area contributed by atoms with Gasteiger partial charge in [0, 0.05) is 17.3 Å². The van der Waals surface area contributed by atoms with Gasteiger partial charge in [0.05, 0.1) is 17.1 Å². The van der Waals surface area contributed by atoms with Crippen LogP contribution in [-0.4, -0.2) is 10.9 Å². The van der Waals surface area contributed by atoms with E-state index in [1.54, 1.807) is 36.4 Å². The van der Waals surface area contributed by atoms with Gasteiger partial charge in [-0.3, -0.25) is 4.79 Å². The molecule has 3 aromatic rings. The number of amides is 1. The van der Waals surface area contributed by atoms with E-state index in [2.05, 4.69) is 10.3 Å². The molecule has 0 unspecified atom stereocenters. The van der Waals surface area contributed by atoms with Gasteiger partial charge < -0.3 is 14.7 Å². The smallest absolute Gasteiger partial charge is 0.266 e. The number of fused-ring (bicyclic) bond motifs is 1. The zero-order valence-corrected chi connectivity index (χ0v) is 11.5. The summed E-state index contributed by atoms with van der Waals surface area (Å²) < 4.78 is 5.30. The number of carbonyl (C=O) groups is 1. The molecule has 0 aliphatic heterocycles. The summed E-state index contributed by atoms with van der Waals surface area (Å²) in [5.74, 6) is -0.291. The van der Waals surface area contributed by atoms with Crippen molar-refractivity contribution in [1.29, 1.82) is 5.26 Å². The van der Waals surface area contributed by atoms with Crippen LogP contribution in [0.1, 0.15) is 15.9 Å². The van der Waals surface area contributed by atoms with Crippen LogP contribution in [-0.2, 0) is 0 Å². The van der Waals surface area contributed by atoms with Gasteiger partial charge in [-0.25, -0.2) is 0 Å². The third-order valence-corrected chi connectivity index (χ3v) is 3.12. The predicted molar refractivity (Wildman–Crippen MR) is 80.5 cm³/mol.